The average Bonchev–Trinajstić information content (AvgIpc) is 2.75. The molecule has 0 unspecified atom stereocenters. The van der Waals surface area contributed by atoms with Crippen molar-refractivity contribution in [3.63, 3.8) is 0 Å². The Morgan fingerprint density at radius 1 is 1.09 bits per heavy atom. The van der Waals surface area contributed by atoms with Crippen LogP contribution in [0.1, 0.15) is 24.1 Å². The molecule has 168 valence electrons. The van der Waals surface area contributed by atoms with Gasteiger partial charge in [-0.25, -0.2) is 0 Å². The van der Waals surface area contributed by atoms with Crippen molar-refractivity contribution in [1.82, 2.24) is 5.32 Å². The summed E-state index contributed by atoms with van der Waals surface area (Å²) in [5, 5.41) is 8.05. The van der Waals surface area contributed by atoms with Crippen LogP contribution in [0.25, 0.3) is 0 Å². The number of thiocarbonyl (C=S) groups is 1. The Kier molecular flexibility index (Phi) is 5.47. The van der Waals surface area contributed by atoms with Crippen molar-refractivity contribution in [2.45, 2.75) is 25.6 Å². The van der Waals surface area contributed by atoms with Crippen molar-refractivity contribution in [2.24, 2.45) is 5.92 Å². The first kappa shape index (κ1) is 22.0. The van der Waals surface area contributed by atoms with Crippen LogP contribution in [-0.2, 0) is 4.79 Å². The topological polar surface area (TPSA) is 53.6 Å². The minimum absolute atomic E-state index is 0.195. The second kappa shape index (κ2) is 8.20. The van der Waals surface area contributed by atoms with E-state index in [9.17, 15) is 4.79 Å². The molecule has 2 bridgehead atoms. The summed E-state index contributed by atoms with van der Waals surface area (Å²) in [7, 11) is 0. The number of carbonyl (C=O) groups excluding carboxylic acids is 1. The van der Waals surface area contributed by atoms with Crippen LogP contribution in [0.2, 0.25) is 10.0 Å². The normalized spacial score (nSPS) is 23.3. The van der Waals surface area contributed by atoms with Gasteiger partial charge >= 0.3 is 0 Å². The van der Waals surface area contributed by atoms with Gasteiger partial charge in [0.1, 0.15) is 11.7 Å². The van der Waals surface area contributed by atoms with Gasteiger partial charge in [0.2, 0.25) is 5.91 Å². The second-order valence-electron chi connectivity index (χ2n) is 8.41. The highest BCUT2D eigenvalue weighted by Crippen LogP contribution is 2.50. The number of hydrogen-bond acceptors (Lipinski definition) is 3. The summed E-state index contributed by atoms with van der Waals surface area (Å²) < 4.78 is 6.59. The van der Waals surface area contributed by atoms with Crippen LogP contribution >= 0.6 is 35.4 Å². The first-order chi connectivity index (χ1) is 15.8. The number of benzene rings is 3. The molecule has 1 amide bonds. The molecule has 2 N–H and O–H groups in total. The summed E-state index contributed by atoms with van der Waals surface area (Å²) in [6, 6.07) is 20.0. The highest BCUT2D eigenvalue weighted by Gasteiger charge is 2.59. The van der Waals surface area contributed by atoms with E-state index in [1.54, 1.807) is 30.3 Å². The number of nitrogens with one attached hydrogen (secondary N) is 2. The molecule has 3 atom stereocenters. The monoisotopic (exact) mass is 497 g/mol. The molecule has 0 radical (unpaired) electrons. The molecular weight excluding hydrogens is 477 g/mol. The highest BCUT2D eigenvalue weighted by molar-refractivity contribution is 7.80. The molecule has 3 aromatic rings. The van der Waals surface area contributed by atoms with E-state index in [0.29, 0.717) is 26.6 Å². The molecule has 0 saturated carbocycles. The molecule has 0 spiro atoms. The quantitative estimate of drug-likeness (QED) is 0.428. The van der Waals surface area contributed by atoms with E-state index in [4.69, 9.17) is 40.2 Å². The molecule has 2 aliphatic heterocycles. The molecule has 5 nitrogen and oxygen atoms in total. The van der Waals surface area contributed by atoms with Crippen molar-refractivity contribution in [2.75, 3.05) is 10.2 Å². The lowest BCUT2D eigenvalue weighted by Crippen LogP contribution is -2.72. The number of halogens is 2. The Morgan fingerprint density at radius 2 is 1.85 bits per heavy atom. The molecule has 0 aliphatic carbocycles. The van der Waals surface area contributed by atoms with Crippen molar-refractivity contribution in [1.29, 1.82) is 0 Å². The van der Waals surface area contributed by atoms with Gasteiger partial charge in [-0.3, -0.25) is 9.69 Å². The fourth-order valence-electron chi connectivity index (χ4n) is 4.66. The maximum atomic E-state index is 13.8. The van der Waals surface area contributed by atoms with Crippen LogP contribution < -0.4 is 20.3 Å². The lowest BCUT2D eigenvalue weighted by atomic mass is 9.78. The van der Waals surface area contributed by atoms with Gasteiger partial charge in [-0.2, -0.15) is 0 Å². The molecule has 8 heteroatoms. The van der Waals surface area contributed by atoms with Crippen LogP contribution in [0, 0.1) is 12.8 Å². The number of amides is 1. The number of rotatable bonds is 3. The fourth-order valence-corrected chi connectivity index (χ4v) is 5.38. The Bertz CT molecular complexity index is 1270. The van der Waals surface area contributed by atoms with Gasteiger partial charge < -0.3 is 15.4 Å². The first-order valence-corrected chi connectivity index (χ1v) is 11.6. The van der Waals surface area contributed by atoms with Crippen LogP contribution in [0.4, 0.5) is 11.4 Å². The van der Waals surface area contributed by atoms with E-state index in [1.807, 2.05) is 55.1 Å². The molecule has 1 saturated heterocycles. The van der Waals surface area contributed by atoms with E-state index >= 15 is 0 Å². The van der Waals surface area contributed by atoms with Gasteiger partial charge in [-0.1, -0.05) is 47.0 Å². The minimum Gasteiger partial charge on any atom is -0.467 e. The van der Waals surface area contributed by atoms with Gasteiger partial charge in [0, 0.05) is 27.0 Å². The average molecular weight is 498 g/mol. The zero-order valence-corrected chi connectivity index (χ0v) is 20.3. The molecule has 2 heterocycles. The van der Waals surface area contributed by atoms with Gasteiger partial charge in [0.15, 0.2) is 10.8 Å². The molecule has 0 aromatic heterocycles. The van der Waals surface area contributed by atoms with Crippen molar-refractivity contribution in [3.8, 4) is 5.75 Å². The smallest absolute Gasteiger partial charge is 0.236 e. The van der Waals surface area contributed by atoms with Crippen LogP contribution in [0.15, 0.2) is 66.7 Å². The lowest BCUT2D eigenvalue weighted by Gasteiger charge is -2.56. The summed E-state index contributed by atoms with van der Waals surface area (Å²) in [4.78, 5) is 15.6. The number of ether oxygens (including phenoxy) is 1. The Morgan fingerprint density at radius 3 is 2.58 bits per heavy atom. The first-order valence-electron chi connectivity index (χ1n) is 10.5. The molecule has 1 fully saturated rings. The summed E-state index contributed by atoms with van der Waals surface area (Å²) in [5.74, 6) is -0.113. The highest BCUT2D eigenvalue weighted by atomic mass is 35.5. The summed E-state index contributed by atoms with van der Waals surface area (Å²) in [6.45, 7) is 3.90. The molecule has 5 rings (SSSR count). The molecule has 33 heavy (non-hydrogen) atoms. The van der Waals surface area contributed by atoms with Gasteiger partial charge in [0.05, 0.1) is 6.04 Å². The number of carbonyl (C=O) groups is 1. The summed E-state index contributed by atoms with van der Waals surface area (Å²) in [6.07, 6.45) is 0. The molecular formula is C25H21Cl2N3O2S. The van der Waals surface area contributed by atoms with E-state index in [2.05, 4.69) is 10.6 Å². The largest absolute Gasteiger partial charge is 0.467 e. The Labute approximate surface area is 207 Å². The van der Waals surface area contributed by atoms with Crippen LogP contribution in [0.5, 0.6) is 5.75 Å². The van der Waals surface area contributed by atoms with Gasteiger partial charge in [-0.15, -0.1) is 0 Å². The molecule has 2 aliphatic rings. The third-order valence-electron chi connectivity index (χ3n) is 6.11. The predicted octanol–water partition coefficient (Wildman–Crippen LogP) is 6.10. The third-order valence-corrected chi connectivity index (χ3v) is 6.90. The molecule has 3 aromatic carbocycles. The number of fused-ring (bicyclic) bond motifs is 4. The van der Waals surface area contributed by atoms with Crippen LogP contribution in [0.3, 0.4) is 0 Å². The van der Waals surface area contributed by atoms with E-state index in [0.717, 1.165) is 16.8 Å². The summed E-state index contributed by atoms with van der Waals surface area (Å²) in [5.41, 5.74) is 2.26. The number of anilines is 2. The number of aryl methyl sites for hydroxylation is 1. The van der Waals surface area contributed by atoms with Gasteiger partial charge in [-0.05, 0) is 74.6 Å². The SMILES string of the molecule is Cc1ccc2c(c1)[C@H]1NC(=S)N(c3cccc(Cl)c3)[C@@](C)(O2)[C@@H]1C(=O)Nc1ccc(Cl)cc1. The zero-order chi connectivity index (χ0) is 23.3. The number of nitrogens with zero attached hydrogens (tertiary/aromatic N) is 1. The minimum atomic E-state index is -1.10. The standard InChI is InChI=1S/C25H21Cl2N3O2S/c1-14-6-11-20-19(12-14)22-21(23(31)28-17-9-7-15(26)8-10-17)25(2,32-20)30(24(33)29-22)18-5-3-4-16(27)13-18/h3-13,21-22H,1-2H3,(H,28,31)(H,29,33)/t21-,22+,25-/m0/s1. The van der Waals surface area contributed by atoms with Crippen LogP contribution in [-0.4, -0.2) is 16.7 Å². The van der Waals surface area contributed by atoms with Gasteiger partial charge in [0.25, 0.3) is 0 Å². The maximum absolute atomic E-state index is 13.8. The predicted molar refractivity (Wildman–Crippen MR) is 136 cm³/mol. The second-order valence-corrected chi connectivity index (χ2v) is 9.67. The van der Waals surface area contributed by atoms with Crippen molar-refractivity contribution < 1.29 is 9.53 Å². The van der Waals surface area contributed by atoms with E-state index in [-0.39, 0.29) is 11.9 Å². The summed E-state index contributed by atoms with van der Waals surface area (Å²) >= 11 is 18.1. The van der Waals surface area contributed by atoms with Crippen molar-refractivity contribution >= 4 is 57.8 Å². The maximum Gasteiger partial charge on any atom is 0.236 e. The Hall–Kier alpha value is -2.80. The zero-order valence-electron chi connectivity index (χ0n) is 17.9. The van der Waals surface area contributed by atoms with Crippen molar-refractivity contribution in [3.05, 3.63) is 87.9 Å². The third kappa shape index (κ3) is 3.82. The lowest BCUT2D eigenvalue weighted by molar-refractivity contribution is -0.130. The fraction of sp³-hybridized carbons (Fsp3) is 0.200. The Balaban J connectivity index is 1.63. The van der Waals surface area contributed by atoms with E-state index in [1.165, 1.54) is 0 Å². The van der Waals surface area contributed by atoms with E-state index < -0.39 is 11.6 Å². The number of hydrogen-bond donors (Lipinski definition) is 2.